The molecule has 1 saturated heterocycles. The molecule has 146 valence electrons. The lowest BCUT2D eigenvalue weighted by atomic mass is 9.98. The van der Waals surface area contributed by atoms with Gasteiger partial charge in [0.2, 0.25) is 5.91 Å². The minimum Gasteiger partial charge on any atom is -0.336 e. The molecule has 1 amide bonds. The first-order valence-electron chi connectivity index (χ1n) is 9.35. The molecule has 1 aromatic carbocycles. The van der Waals surface area contributed by atoms with Crippen LogP contribution in [0.1, 0.15) is 32.3 Å². The van der Waals surface area contributed by atoms with Crippen molar-refractivity contribution < 1.29 is 13.2 Å². The van der Waals surface area contributed by atoms with Gasteiger partial charge in [0.05, 0.1) is 12.2 Å². The van der Waals surface area contributed by atoms with E-state index in [0.717, 1.165) is 12.1 Å². The lowest BCUT2D eigenvalue weighted by molar-refractivity contribution is -0.120. The average Bonchev–Trinajstić information content (AvgIpc) is 3.19. The summed E-state index contributed by atoms with van der Waals surface area (Å²) in [7, 11) is -3.68. The van der Waals surface area contributed by atoms with Crippen LogP contribution in [-0.2, 0) is 27.8 Å². The maximum Gasteiger partial charge on any atom is 0.262 e. The number of nitrogens with zero attached hydrogens (tertiary/aromatic N) is 3. The zero-order valence-corrected chi connectivity index (χ0v) is 16.6. The average molecular weight is 391 g/mol. The smallest absolute Gasteiger partial charge is 0.262 e. The molecule has 0 aliphatic carbocycles. The van der Waals surface area contributed by atoms with Gasteiger partial charge in [0, 0.05) is 31.5 Å². The van der Waals surface area contributed by atoms with Crippen LogP contribution in [0.15, 0.2) is 41.8 Å². The third-order valence-corrected chi connectivity index (χ3v) is 6.71. The lowest BCUT2D eigenvalue weighted by Crippen LogP contribution is -2.43. The van der Waals surface area contributed by atoms with Crippen LogP contribution in [0.3, 0.4) is 0 Å². The Bertz CT molecular complexity index is 890. The fraction of sp³-hybridized carbons (Fsp3) is 0.474. The van der Waals surface area contributed by atoms with Crippen molar-refractivity contribution in [2.24, 2.45) is 5.92 Å². The highest BCUT2D eigenvalue weighted by Gasteiger charge is 2.34. The maximum atomic E-state index is 12.8. The summed E-state index contributed by atoms with van der Waals surface area (Å²) >= 11 is 0. The summed E-state index contributed by atoms with van der Waals surface area (Å²) in [6, 6.07) is 7.73. The third-order valence-electron chi connectivity index (χ3n) is 4.96. The van der Waals surface area contributed by atoms with Crippen molar-refractivity contribution in [1.82, 2.24) is 13.9 Å². The van der Waals surface area contributed by atoms with Gasteiger partial charge in [-0.3, -0.25) is 4.79 Å². The van der Waals surface area contributed by atoms with E-state index in [1.807, 2.05) is 31.2 Å². The van der Waals surface area contributed by atoms with Crippen molar-refractivity contribution in [2.75, 3.05) is 18.4 Å². The molecule has 8 heteroatoms. The van der Waals surface area contributed by atoms with E-state index in [0.29, 0.717) is 25.9 Å². The molecule has 2 aromatic rings. The summed E-state index contributed by atoms with van der Waals surface area (Å²) < 4.78 is 28.8. The molecule has 0 saturated carbocycles. The predicted octanol–water partition coefficient (Wildman–Crippen LogP) is 2.50. The molecule has 1 fully saturated rings. The molecule has 0 radical (unpaired) electrons. The van der Waals surface area contributed by atoms with Crippen LogP contribution in [0.5, 0.6) is 0 Å². The van der Waals surface area contributed by atoms with E-state index >= 15 is 0 Å². The van der Waals surface area contributed by atoms with E-state index in [4.69, 9.17) is 0 Å². The second-order valence-corrected chi connectivity index (χ2v) is 8.67. The van der Waals surface area contributed by atoms with Gasteiger partial charge in [-0.15, -0.1) is 0 Å². The van der Waals surface area contributed by atoms with Crippen molar-refractivity contribution in [3.63, 3.8) is 0 Å². The number of amides is 1. The highest BCUT2D eigenvalue weighted by molar-refractivity contribution is 7.89. The zero-order chi connectivity index (χ0) is 19.4. The molecule has 3 rings (SSSR count). The van der Waals surface area contributed by atoms with Gasteiger partial charge in [-0.25, -0.2) is 13.4 Å². The minimum atomic E-state index is -3.68. The van der Waals surface area contributed by atoms with E-state index in [9.17, 15) is 13.2 Å². The van der Waals surface area contributed by atoms with Crippen LogP contribution < -0.4 is 5.32 Å². The van der Waals surface area contributed by atoms with Gasteiger partial charge in [-0.1, -0.05) is 19.1 Å². The molecular weight excluding hydrogens is 364 g/mol. The predicted molar refractivity (Wildman–Crippen MR) is 104 cm³/mol. The second kappa shape index (κ2) is 8.22. The van der Waals surface area contributed by atoms with Crippen LogP contribution >= 0.6 is 0 Å². The Morgan fingerprint density at radius 2 is 2.00 bits per heavy atom. The van der Waals surface area contributed by atoms with Gasteiger partial charge < -0.3 is 9.88 Å². The number of carbonyl (C=O) groups is 1. The van der Waals surface area contributed by atoms with Crippen LogP contribution in [0.4, 0.5) is 5.69 Å². The summed E-state index contributed by atoms with van der Waals surface area (Å²) in [6.07, 6.45) is 5.32. The lowest BCUT2D eigenvalue weighted by Gasteiger charge is -2.30. The van der Waals surface area contributed by atoms with Gasteiger partial charge in [-0.2, -0.15) is 4.31 Å². The minimum absolute atomic E-state index is 0.0422. The molecule has 27 heavy (non-hydrogen) atoms. The normalized spacial score (nSPS) is 18.4. The standard InChI is InChI=1S/C19H26N4O3S/c1-3-15-7-9-17(10-8-15)21-19(24)16-6-5-11-23(12-16)27(25,26)18-13-22(4-2)14-20-18/h7-10,13-14,16H,3-6,11-12H2,1-2H3,(H,21,24)/t16-/m1/s1. The summed E-state index contributed by atoms with van der Waals surface area (Å²) in [6.45, 7) is 5.25. The van der Waals surface area contributed by atoms with Crippen molar-refractivity contribution >= 4 is 21.6 Å². The van der Waals surface area contributed by atoms with E-state index in [-0.39, 0.29) is 23.4 Å². The third kappa shape index (κ3) is 4.39. The van der Waals surface area contributed by atoms with Crippen LogP contribution in [0.25, 0.3) is 0 Å². The molecule has 1 aromatic heterocycles. The Balaban J connectivity index is 1.68. The highest BCUT2D eigenvalue weighted by Crippen LogP contribution is 2.24. The van der Waals surface area contributed by atoms with Crippen molar-refractivity contribution in [2.45, 2.75) is 44.7 Å². The largest absolute Gasteiger partial charge is 0.336 e. The van der Waals surface area contributed by atoms with Crippen LogP contribution in [-0.4, -0.2) is 41.3 Å². The van der Waals surface area contributed by atoms with Gasteiger partial charge >= 0.3 is 0 Å². The molecule has 0 spiro atoms. The first-order chi connectivity index (χ1) is 12.9. The number of aryl methyl sites for hydroxylation is 2. The number of nitrogens with one attached hydrogen (secondary N) is 1. The number of hydrogen-bond acceptors (Lipinski definition) is 4. The molecule has 1 aliphatic heterocycles. The second-order valence-electron chi connectivity index (χ2n) is 6.78. The Morgan fingerprint density at radius 1 is 1.26 bits per heavy atom. The Kier molecular flexibility index (Phi) is 5.96. The Labute approximate surface area is 160 Å². The number of aromatic nitrogens is 2. The fourth-order valence-corrected chi connectivity index (χ4v) is 4.68. The van der Waals surface area contributed by atoms with Crippen molar-refractivity contribution in [3.05, 3.63) is 42.4 Å². The number of benzene rings is 1. The molecule has 2 heterocycles. The molecule has 7 nitrogen and oxygen atoms in total. The first kappa shape index (κ1) is 19.6. The van der Waals surface area contributed by atoms with E-state index in [1.165, 1.54) is 22.4 Å². The molecular formula is C19H26N4O3S. The summed E-state index contributed by atoms with van der Waals surface area (Å²) in [5, 5.41) is 2.95. The van der Waals surface area contributed by atoms with E-state index in [1.54, 1.807) is 4.57 Å². The molecule has 1 aliphatic rings. The maximum absolute atomic E-state index is 12.8. The van der Waals surface area contributed by atoms with Gasteiger partial charge in [0.1, 0.15) is 0 Å². The Hall–Kier alpha value is -2.19. The zero-order valence-electron chi connectivity index (χ0n) is 15.8. The number of rotatable bonds is 6. The summed E-state index contributed by atoms with van der Waals surface area (Å²) in [4.78, 5) is 16.6. The topological polar surface area (TPSA) is 84.3 Å². The number of piperidine rings is 1. The summed E-state index contributed by atoms with van der Waals surface area (Å²) in [5.41, 5.74) is 1.94. The molecule has 1 atom stereocenters. The van der Waals surface area contributed by atoms with Gasteiger partial charge in [0.25, 0.3) is 10.0 Å². The van der Waals surface area contributed by atoms with E-state index < -0.39 is 10.0 Å². The van der Waals surface area contributed by atoms with E-state index in [2.05, 4.69) is 17.2 Å². The number of anilines is 1. The van der Waals surface area contributed by atoms with Crippen LogP contribution in [0, 0.1) is 5.92 Å². The van der Waals surface area contributed by atoms with Crippen molar-refractivity contribution in [1.29, 1.82) is 0 Å². The molecule has 1 N–H and O–H groups in total. The van der Waals surface area contributed by atoms with Gasteiger partial charge in [-0.05, 0) is 43.9 Å². The Morgan fingerprint density at radius 3 is 2.63 bits per heavy atom. The number of carbonyl (C=O) groups excluding carboxylic acids is 1. The van der Waals surface area contributed by atoms with Crippen molar-refractivity contribution in [3.8, 4) is 0 Å². The number of hydrogen-bond donors (Lipinski definition) is 1. The SMILES string of the molecule is CCc1ccc(NC(=O)[C@@H]2CCCN(S(=O)(=O)c3cn(CC)cn3)C2)cc1. The molecule has 0 unspecified atom stereocenters. The number of sulfonamides is 1. The van der Waals surface area contributed by atoms with Crippen LogP contribution in [0.2, 0.25) is 0 Å². The van der Waals surface area contributed by atoms with Gasteiger partial charge in [0.15, 0.2) is 5.03 Å². The monoisotopic (exact) mass is 390 g/mol. The fourth-order valence-electron chi connectivity index (χ4n) is 3.22. The number of imidazole rings is 1. The quantitative estimate of drug-likeness (QED) is 0.821. The first-order valence-corrected chi connectivity index (χ1v) is 10.8. The summed E-state index contributed by atoms with van der Waals surface area (Å²) in [5.74, 6) is -0.508. The highest BCUT2D eigenvalue weighted by atomic mass is 32.2. The molecule has 0 bridgehead atoms.